The lowest BCUT2D eigenvalue weighted by Gasteiger charge is -2.44. The number of fused-ring (bicyclic) bond motifs is 4. The van der Waals surface area contributed by atoms with Crippen molar-refractivity contribution in [3.63, 3.8) is 0 Å². The molecule has 0 radical (unpaired) electrons. The van der Waals surface area contributed by atoms with E-state index >= 15 is 0 Å². The molecule has 1 aromatic carbocycles. The van der Waals surface area contributed by atoms with Gasteiger partial charge in [0.15, 0.2) is 17.3 Å². The lowest BCUT2D eigenvalue weighted by molar-refractivity contribution is 0.0261. The Morgan fingerprint density at radius 2 is 2.02 bits per heavy atom. The van der Waals surface area contributed by atoms with Crippen molar-refractivity contribution < 1.29 is 14.0 Å². The molecule has 2 saturated heterocycles. The molecule has 10 nitrogen and oxygen atoms in total. The fourth-order valence-electron chi connectivity index (χ4n) is 7.62. The van der Waals surface area contributed by atoms with Crippen LogP contribution in [-0.4, -0.2) is 64.0 Å². The van der Waals surface area contributed by atoms with Crippen LogP contribution in [0.1, 0.15) is 80.9 Å². The fourth-order valence-corrected chi connectivity index (χ4v) is 7.62. The molecule has 2 aromatic heterocycles. The maximum Gasteiger partial charge on any atom is 0.221 e. The Morgan fingerprint density at radius 3 is 2.74 bits per heavy atom. The van der Waals surface area contributed by atoms with E-state index in [1.165, 1.54) is 0 Å². The first kappa shape index (κ1) is 27.2. The van der Waals surface area contributed by atoms with Crippen LogP contribution in [-0.2, 0) is 18.3 Å². The highest BCUT2D eigenvalue weighted by Crippen LogP contribution is 2.54. The Balaban J connectivity index is 1.29. The maximum absolute atomic E-state index is 10.1. The van der Waals surface area contributed by atoms with Crippen molar-refractivity contribution in [1.82, 2.24) is 25.3 Å². The van der Waals surface area contributed by atoms with Gasteiger partial charge in [-0.3, -0.25) is 4.90 Å². The van der Waals surface area contributed by atoms with Gasteiger partial charge in [-0.25, -0.2) is 0 Å². The average Bonchev–Trinajstić information content (AvgIpc) is 3.69. The maximum atomic E-state index is 10.1. The highest BCUT2D eigenvalue weighted by atomic mass is 16.5. The third-order valence-electron chi connectivity index (χ3n) is 10.1. The van der Waals surface area contributed by atoms with Crippen LogP contribution in [0.3, 0.4) is 0 Å². The predicted molar refractivity (Wildman–Crippen MR) is 157 cm³/mol. The molecule has 4 heterocycles. The number of nitrogen functional groups attached to an aromatic ring is 1. The zero-order valence-corrected chi connectivity index (χ0v) is 24.9. The normalized spacial score (nSPS) is 26.7. The van der Waals surface area contributed by atoms with Crippen LogP contribution < -0.4 is 20.5 Å². The summed E-state index contributed by atoms with van der Waals surface area (Å²) < 4.78 is 19.1. The lowest BCUT2D eigenvalue weighted by Crippen LogP contribution is -2.67. The van der Waals surface area contributed by atoms with Crippen LogP contribution in [0.2, 0.25) is 0 Å². The summed E-state index contributed by atoms with van der Waals surface area (Å²) in [5, 5.41) is 18.1. The van der Waals surface area contributed by atoms with E-state index in [0.717, 1.165) is 80.5 Å². The smallest absolute Gasteiger partial charge is 0.221 e. The van der Waals surface area contributed by atoms with Gasteiger partial charge in [-0.15, -0.1) is 0 Å². The molecule has 42 heavy (non-hydrogen) atoms. The first-order valence-electron chi connectivity index (χ1n) is 15.2. The summed E-state index contributed by atoms with van der Waals surface area (Å²) in [5.41, 5.74) is 10.6. The molecule has 220 valence electrons. The molecule has 2 aliphatic heterocycles. The molecule has 4 atom stereocenters. The second-order valence-corrected chi connectivity index (χ2v) is 13.0. The van der Waals surface area contributed by atoms with Crippen molar-refractivity contribution in [3.8, 4) is 29.3 Å². The van der Waals surface area contributed by atoms with E-state index in [1.54, 1.807) is 6.07 Å². The van der Waals surface area contributed by atoms with Crippen molar-refractivity contribution in [1.29, 1.82) is 5.26 Å². The molecule has 2 fully saturated rings. The largest absolute Gasteiger partial charge is 0.473 e. The molecular weight excluding hydrogens is 530 g/mol. The van der Waals surface area contributed by atoms with E-state index in [-0.39, 0.29) is 17.7 Å². The number of ether oxygens (including phenoxy) is 2. The summed E-state index contributed by atoms with van der Waals surface area (Å²) in [5.74, 6) is 2.19. The van der Waals surface area contributed by atoms with Crippen LogP contribution >= 0.6 is 0 Å². The summed E-state index contributed by atoms with van der Waals surface area (Å²) in [4.78, 5) is 12.1. The van der Waals surface area contributed by atoms with Gasteiger partial charge in [0, 0.05) is 23.8 Å². The second-order valence-electron chi connectivity index (χ2n) is 13.0. The Bertz CT molecular complexity index is 1580. The van der Waals surface area contributed by atoms with Gasteiger partial charge in [0.2, 0.25) is 11.8 Å². The predicted octanol–water partition coefficient (Wildman–Crippen LogP) is 4.14. The van der Waals surface area contributed by atoms with Crippen LogP contribution in [0, 0.1) is 11.3 Å². The summed E-state index contributed by atoms with van der Waals surface area (Å²) in [6, 6.07) is 8.40. The molecule has 1 spiro atoms. The first-order chi connectivity index (χ1) is 20.2. The van der Waals surface area contributed by atoms with Gasteiger partial charge in [-0.1, -0.05) is 11.2 Å². The van der Waals surface area contributed by atoms with E-state index < -0.39 is 5.41 Å². The Labute approximate surface area is 246 Å². The van der Waals surface area contributed by atoms with Gasteiger partial charge in [-0.05, 0) is 96.5 Å². The number of rotatable bonds is 6. The highest BCUT2D eigenvalue weighted by Gasteiger charge is 2.49. The van der Waals surface area contributed by atoms with Crippen molar-refractivity contribution in [2.24, 2.45) is 0 Å². The quantitative estimate of drug-likeness (QED) is 0.417. The van der Waals surface area contributed by atoms with Gasteiger partial charge in [0.05, 0.1) is 22.6 Å². The molecule has 3 aromatic rings. The molecule has 4 unspecified atom stereocenters. The minimum absolute atomic E-state index is 0.0224. The van der Waals surface area contributed by atoms with E-state index in [1.807, 2.05) is 6.07 Å². The molecule has 2 aliphatic carbocycles. The topological polar surface area (TPSA) is 135 Å². The molecule has 3 N–H and O–H groups in total. The number of hydrogen-bond donors (Lipinski definition) is 2. The molecule has 0 amide bonds. The van der Waals surface area contributed by atoms with Gasteiger partial charge in [0.1, 0.15) is 18.3 Å². The van der Waals surface area contributed by atoms with E-state index in [0.29, 0.717) is 40.6 Å². The lowest BCUT2D eigenvalue weighted by atomic mass is 9.68. The van der Waals surface area contributed by atoms with Crippen LogP contribution in [0.4, 0.5) is 5.69 Å². The number of benzene rings is 1. The Morgan fingerprint density at radius 1 is 1.19 bits per heavy atom. The van der Waals surface area contributed by atoms with Crippen molar-refractivity contribution in [3.05, 3.63) is 46.2 Å². The van der Waals surface area contributed by atoms with Crippen LogP contribution in [0.15, 0.2) is 22.7 Å². The van der Waals surface area contributed by atoms with Crippen molar-refractivity contribution in [2.45, 2.75) is 94.9 Å². The number of hydrogen-bond acceptors (Lipinski definition) is 10. The Kier molecular flexibility index (Phi) is 6.44. The number of anilines is 1. The third kappa shape index (κ3) is 4.24. The van der Waals surface area contributed by atoms with E-state index in [2.05, 4.69) is 55.3 Å². The number of nitrogens with two attached hydrogens (primary N) is 1. The van der Waals surface area contributed by atoms with Gasteiger partial charge >= 0.3 is 0 Å². The number of aryl methyl sites for hydroxylation is 1. The molecule has 4 aliphatic rings. The van der Waals surface area contributed by atoms with Gasteiger partial charge in [-0.2, -0.15) is 15.2 Å². The summed E-state index contributed by atoms with van der Waals surface area (Å²) in [7, 11) is 2.15. The fraction of sp³-hybridized carbons (Fsp3) is 0.562. The number of likely N-dealkylation sites (tertiary alicyclic amines) is 1. The number of nitrogens with zero attached hydrogens (tertiary/aromatic N) is 5. The van der Waals surface area contributed by atoms with Crippen LogP contribution in [0.25, 0.3) is 11.5 Å². The number of aromatic nitrogens is 3. The van der Waals surface area contributed by atoms with Gasteiger partial charge in [0.25, 0.3) is 0 Å². The molecule has 10 heteroatoms. The number of nitriles is 1. The minimum atomic E-state index is -0.425. The molecular formula is C32H39N7O3. The molecule has 7 rings (SSSR count). The first-order valence-corrected chi connectivity index (χ1v) is 15.2. The number of nitrogens with one attached hydrogen (secondary N) is 1. The van der Waals surface area contributed by atoms with Crippen LogP contribution in [0.5, 0.6) is 11.8 Å². The third-order valence-corrected chi connectivity index (χ3v) is 10.1. The summed E-state index contributed by atoms with van der Waals surface area (Å²) >= 11 is 0. The zero-order valence-electron chi connectivity index (χ0n) is 24.9. The standard InChI is InChI=1S/C32H39N7O3/c1-18(23-8-6-14-39(23)4)40-25-15-26(41-24-17-35-31(24,2)3)37-30(36-25)28-20-7-5-12-32(29(20)42-38-28)13-11-19-9-10-22(34)21(16-33)27(19)32/h9-10,15,18,23-24,35H,5-8,11-14,17,34H2,1-4H3. The van der Waals surface area contributed by atoms with Gasteiger partial charge < -0.3 is 25.0 Å². The average molecular weight is 570 g/mol. The van der Waals surface area contributed by atoms with E-state index in [9.17, 15) is 5.26 Å². The molecule has 0 bridgehead atoms. The Hall–Kier alpha value is -3.68. The monoisotopic (exact) mass is 569 g/mol. The highest BCUT2D eigenvalue weighted by molar-refractivity contribution is 5.68. The summed E-state index contributed by atoms with van der Waals surface area (Å²) in [6.07, 6.45) is 6.53. The van der Waals surface area contributed by atoms with Crippen molar-refractivity contribution >= 4 is 5.69 Å². The summed E-state index contributed by atoms with van der Waals surface area (Å²) in [6.45, 7) is 8.16. The second kappa shape index (κ2) is 9.96. The van der Waals surface area contributed by atoms with Crippen molar-refractivity contribution in [2.75, 3.05) is 25.9 Å². The van der Waals surface area contributed by atoms with E-state index in [4.69, 9.17) is 29.7 Å². The molecule has 0 saturated carbocycles. The zero-order chi connectivity index (χ0) is 29.2. The minimum Gasteiger partial charge on any atom is -0.473 e. The SMILES string of the molecule is CC(Oc1cc(OC2CNC2(C)C)nc(-c2noc3c2CCCC32CCc3ccc(N)c(C#N)c32)n1)C1CCCN1C. The number of likely N-dealkylation sites (N-methyl/N-ethyl adjacent to an activating group) is 1.